The van der Waals surface area contributed by atoms with Crippen LogP contribution in [0.2, 0.25) is 0 Å². The average molecular weight is 229 g/mol. The highest BCUT2D eigenvalue weighted by atomic mass is 14.9. The van der Waals surface area contributed by atoms with Crippen LogP contribution in [0.15, 0.2) is 36.4 Å². The van der Waals surface area contributed by atoms with Crippen molar-refractivity contribution >= 4 is 34.1 Å². The number of rotatable bonds is 2. The minimum absolute atomic E-state index is 0.598. The van der Waals surface area contributed by atoms with Crippen LogP contribution in [0.1, 0.15) is 0 Å². The summed E-state index contributed by atoms with van der Waals surface area (Å²) in [5, 5.41) is 3.11. The van der Waals surface area contributed by atoms with Gasteiger partial charge in [0.15, 0.2) is 0 Å². The first-order valence-electron chi connectivity index (χ1n) is 5.13. The predicted octanol–water partition coefficient (Wildman–Crippen LogP) is 1.76. The summed E-state index contributed by atoms with van der Waals surface area (Å²) in [6, 6.07) is 10.4. The van der Waals surface area contributed by atoms with Gasteiger partial charge in [0.25, 0.3) is 0 Å². The van der Waals surface area contributed by atoms with Crippen molar-refractivity contribution in [2.75, 3.05) is 28.3 Å². The van der Waals surface area contributed by atoms with Gasteiger partial charge in [-0.25, -0.2) is 0 Å². The fourth-order valence-corrected chi connectivity index (χ4v) is 1.51. The van der Waals surface area contributed by atoms with Crippen LogP contribution in [0.5, 0.6) is 0 Å². The highest BCUT2D eigenvalue weighted by Crippen LogP contribution is 2.29. The monoisotopic (exact) mass is 229 g/mol. The molecule has 5 nitrogen and oxygen atoms in total. The molecule has 2 rings (SSSR count). The molecule has 0 aliphatic carbocycles. The fraction of sp³-hybridized carbons (Fsp3) is 0. The van der Waals surface area contributed by atoms with Gasteiger partial charge in [-0.05, 0) is 36.4 Å². The lowest BCUT2D eigenvalue weighted by atomic mass is 10.2. The molecule has 0 aliphatic rings. The van der Waals surface area contributed by atoms with Crippen LogP contribution in [0.25, 0.3) is 0 Å². The molecule has 0 radical (unpaired) electrons. The highest BCUT2D eigenvalue weighted by Gasteiger charge is 2.03. The second-order valence-electron chi connectivity index (χ2n) is 3.82. The molecule has 17 heavy (non-hydrogen) atoms. The Morgan fingerprint density at radius 1 is 0.647 bits per heavy atom. The summed E-state index contributed by atoms with van der Waals surface area (Å²) >= 11 is 0. The molecule has 0 aromatic heterocycles. The second kappa shape index (κ2) is 4.13. The predicted molar refractivity (Wildman–Crippen MR) is 73.8 cm³/mol. The molecule has 0 aliphatic heterocycles. The van der Waals surface area contributed by atoms with Crippen molar-refractivity contribution < 1.29 is 0 Å². The Bertz CT molecular complexity index is 501. The molecule has 2 aromatic rings. The minimum atomic E-state index is 0.598. The quantitative estimate of drug-likeness (QED) is 0.503. The van der Waals surface area contributed by atoms with Gasteiger partial charge in [0.1, 0.15) is 0 Å². The molecule has 0 saturated heterocycles. The maximum absolute atomic E-state index is 5.84. The Balaban J connectivity index is 2.37. The SMILES string of the molecule is Nc1ccc(N)c(Nc2cc(N)ccc2N)c1. The lowest BCUT2D eigenvalue weighted by Gasteiger charge is -2.12. The molecule has 0 heterocycles. The maximum atomic E-state index is 5.84. The van der Waals surface area contributed by atoms with E-state index in [-0.39, 0.29) is 0 Å². The molecular weight excluding hydrogens is 214 g/mol. The van der Waals surface area contributed by atoms with E-state index in [1.165, 1.54) is 0 Å². The van der Waals surface area contributed by atoms with Gasteiger partial charge < -0.3 is 28.3 Å². The number of nitrogen functional groups attached to an aromatic ring is 4. The Morgan fingerprint density at radius 2 is 1.06 bits per heavy atom. The standard InChI is InChI=1S/C12H15N5/c13-7-1-3-9(15)11(5-7)17-12-6-8(14)2-4-10(12)16/h1-6,17H,13-16H2. The van der Waals surface area contributed by atoms with Gasteiger partial charge in [-0.3, -0.25) is 0 Å². The van der Waals surface area contributed by atoms with E-state index in [0.717, 1.165) is 0 Å². The second-order valence-corrected chi connectivity index (χ2v) is 3.82. The van der Waals surface area contributed by atoms with Crippen LogP contribution < -0.4 is 28.3 Å². The van der Waals surface area contributed by atoms with Crippen molar-refractivity contribution in [3.8, 4) is 0 Å². The van der Waals surface area contributed by atoms with Gasteiger partial charge in [0.05, 0.1) is 22.7 Å². The summed E-state index contributed by atoms with van der Waals surface area (Å²) in [5.41, 5.74) is 26.9. The molecule has 5 heteroatoms. The van der Waals surface area contributed by atoms with E-state index in [2.05, 4.69) is 5.32 Å². The fourth-order valence-electron chi connectivity index (χ4n) is 1.51. The molecule has 9 N–H and O–H groups in total. The van der Waals surface area contributed by atoms with Gasteiger partial charge in [0.2, 0.25) is 0 Å². The molecule has 2 aromatic carbocycles. The van der Waals surface area contributed by atoms with Crippen molar-refractivity contribution in [2.45, 2.75) is 0 Å². The Morgan fingerprint density at radius 3 is 1.47 bits per heavy atom. The summed E-state index contributed by atoms with van der Waals surface area (Å²) in [7, 11) is 0. The highest BCUT2D eigenvalue weighted by molar-refractivity contribution is 5.82. The zero-order valence-corrected chi connectivity index (χ0v) is 9.27. The Kier molecular flexibility index (Phi) is 2.66. The van der Waals surface area contributed by atoms with Crippen LogP contribution in [-0.4, -0.2) is 0 Å². The van der Waals surface area contributed by atoms with Crippen molar-refractivity contribution in [1.82, 2.24) is 0 Å². The molecule has 0 spiro atoms. The van der Waals surface area contributed by atoms with E-state index in [0.29, 0.717) is 34.1 Å². The zero-order chi connectivity index (χ0) is 12.4. The Hall–Kier alpha value is -2.56. The van der Waals surface area contributed by atoms with E-state index < -0.39 is 0 Å². The minimum Gasteiger partial charge on any atom is -0.399 e. The number of anilines is 6. The number of hydrogen-bond donors (Lipinski definition) is 5. The van der Waals surface area contributed by atoms with Gasteiger partial charge >= 0.3 is 0 Å². The van der Waals surface area contributed by atoms with Gasteiger partial charge in [0, 0.05) is 11.4 Å². The summed E-state index contributed by atoms with van der Waals surface area (Å²) in [4.78, 5) is 0. The lowest BCUT2D eigenvalue weighted by molar-refractivity contribution is 1.54. The van der Waals surface area contributed by atoms with Crippen molar-refractivity contribution in [3.63, 3.8) is 0 Å². The molecule has 0 amide bonds. The van der Waals surface area contributed by atoms with Crippen LogP contribution in [0.3, 0.4) is 0 Å². The summed E-state index contributed by atoms with van der Waals surface area (Å²) in [6.07, 6.45) is 0. The molecule has 0 atom stereocenters. The van der Waals surface area contributed by atoms with E-state index in [1.54, 1.807) is 36.4 Å². The van der Waals surface area contributed by atoms with Crippen LogP contribution in [0.4, 0.5) is 34.1 Å². The number of hydrogen-bond acceptors (Lipinski definition) is 5. The smallest absolute Gasteiger partial charge is 0.0639 e. The first-order valence-corrected chi connectivity index (χ1v) is 5.13. The first kappa shape index (κ1) is 10.9. The topological polar surface area (TPSA) is 116 Å². The normalized spacial score (nSPS) is 10.1. The summed E-state index contributed by atoms with van der Waals surface area (Å²) in [6.45, 7) is 0. The van der Waals surface area contributed by atoms with Crippen LogP contribution in [-0.2, 0) is 0 Å². The number of benzene rings is 2. The van der Waals surface area contributed by atoms with Crippen LogP contribution >= 0.6 is 0 Å². The first-order chi connectivity index (χ1) is 8.06. The lowest BCUT2D eigenvalue weighted by Crippen LogP contribution is -2.01. The maximum Gasteiger partial charge on any atom is 0.0639 e. The van der Waals surface area contributed by atoms with Gasteiger partial charge in [-0.2, -0.15) is 0 Å². The molecule has 0 fully saturated rings. The third kappa shape index (κ3) is 2.34. The molecule has 0 saturated carbocycles. The number of nitrogens with one attached hydrogen (secondary N) is 1. The molecule has 88 valence electrons. The van der Waals surface area contributed by atoms with E-state index in [4.69, 9.17) is 22.9 Å². The Labute approximate surface area is 99.4 Å². The van der Waals surface area contributed by atoms with Gasteiger partial charge in [-0.1, -0.05) is 0 Å². The van der Waals surface area contributed by atoms with Crippen molar-refractivity contribution in [2.24, 2.45) is 0 Å². The molecule has 0 bridgehead atoms. The number of nitrogens with two attached hydrogens (primary N) is 4. The van der Waals surface area contributed by atoms with E-state index >= 15 is 0 Å². The summed E-state index contributed by atoms with van der Waals surface area (Å²) < 4.78 is 0. The third-order valence-electron chi connectivity index (χ3n) is 2.42. The van der Waals surface area contributed by atoms with E-state index in [9.17, 15) is 0 Å². The average Bonchev–Trinajstić information content (AvgIpc) is 2.28. The summed E-state index contributed by atoms with van der Waals surface area (Å²) in [5.74, 6) is 0. The molecular formula is C12H15N5. The zero-order valence-electron chi connectivity index (χ0n) is 9.27. The van der Waals surface area contributed by atoms with Crippen molar-refractivity contribution in [3.05, 3.63) is 36.4 Å². The largest absolute Gasteiger partial charge is 0.399 e. The van der Waals surface area contributed by atoms with Crippen molar-refractivity contribution in [1.29, 1.82) is 0 Å². The van der Waals surface area contributed by atoms with Gasteiger partial charge in [-0.15, -0.1) is 0 Å². The van der Waals surface area contributed by atoms with E-state index in [1.807, 2.05) is 0 Å². The van der Waals surface area contributed by atoms with Crippen LogP contribution in [0, 0.1) is 0 Å². The third-order valence-corrected chi connectivity index (χ3v) is 2.42. The molecule has 0 unspecified atom stereocenters.